The van der Waals surface area contributed by atoms with Crippen LogP contribution in [-0.2, 0) is 20.0 Å². The lowest BCUT2D eigenvalue weighted by atomic mass is 10.0. The molecule has 0 fully saturated rings. The van der Waals surface area contributed by atoms with Crippen molar-refractivity contribution in [1.82, 2.24) is 29.8 Å². The molecular weight excluding hydrogens is 387 g/mol. The molecule has 0 saturated carbocycles. The van der Waals surface area contributed by atoms with Crippen LogP contribution in [0.15, 0.2) is 53.3 Å². The van der Waals surface area contributed by atoms with E-state index in [1.807, 2.05) is 7.05 Å². The molecule has 150 valence electrons. The highest BCUT2D eigenvalue weighted by Crippen LogP contribution is 2.31. The van der Waals surface area contributed by atoms with E-state index >= 15 is 0 Å². The molecule has 0 N–H and O–H groups in total. The highest BCUT2D eigenvalue weighted by Gasteiger charge is 2.30. The standard InChI is InChI=1S/C21H17FN6O2/c1-27-17-8-11-28(21(29)13-6-9-23-10-7-13)12-15(17)18(25-27)20-24-19(26-30-20)14-4-2-3-5-16(14)22/h2-7,9-10H,8,11-12H2,1H3. The second-order valence-corrected chi connectivity index (χ2v) is 7.01. The maximum atomic E-state index is 14.1. The van der Waals surface area contributed by atoms with E-state index in [4.69, 9.17) is 4.52 Å². The molecule has 4 heterocycles. The number of carbonyl (C=O) groups excluding carboxylic acids is 1. The number of rotatable bonds is 3. The van der Waals surface area contributed by atoms with Crippen molar-refractivity contribution in [1.29, 1.82) is 0 Å². The van der Waals surface area contributed by atoms with Gasteiger partial charge in [-0.3, -0.25) is 14.5 Å². The number of carbonyl (C=O) groups is 1. The number of pyridine rings is 1. The molecule has 8 nitrogen and oxygen atoms in total. The Labute approximate surface area is 171 Å². The van der Waals surface area contributed by atoms with E-state index in [0.29, 0.717) is 30.8 Å². The molecule has 1 aliphatic heterocycles. The zero-order valence-corrected chi connectivity index (χ0v) is 16.1. The average molecular weight is 404 g/mol. The lowest BCUT2D eigenvalue weighted by molar-refractivity contribution is 0.0733. The Bertz CT molecular complexity index is 1230. The summed E-state index contributed by atoms with van der Waals surface area (Å²) in [7, 11) is 1.84. The number of aryl methyl sites for hydroxylation is 1. The third-order valence-corrected chi connectivity index (χ3v) is 5.20. The minimum Gasteiger partial charge on any atom is -0.334 e. The zero-order chi connectivity index (χ0) is 20.7. The first-order chi connectivity index (χ1) is 14.6. The first-order valence-electron chi connectivity index (χ1n) is 9.45. The number of aromatic nitrogens is 5. The molecule has 5 rings (SSSR count). The minimum atomic E-state index is -0.429. The molecule has 0 aliphatic carbocycles. The van der Waals surface area contributed by atoms with Crippen LogP contribution in [0.1, 0.15) is 21.6 Å². The molecule has 0 radical (unpaired) electrons. The van der Waals surface area contributed by atoms with Crippen molar-refractivity contribution in [2.45, 2.75) is 13.0 Å². The van der Waals surface area contributed by atoms with Gasteiger partial charge >= 0.3 is 0 Å². The Morgan fingerprint density at radius 3 is 2.77 bits per heavy atom. The molecule has 1 aliphatic rings. The van der Waals surface area contributed by atoms with Gasteiger partial charge in [0.1, 0.15) is 5.82 Å². The summed E-state index contributed by atoms with van der Waals surface area (Å²) in [6, 6.07) is 9.63. The van der Waals surface area contributed by atoms with Crippen molar-refractivity contribution >= 4 is 5.91 Å². The maximum Gasteiger partial charge on any atom is 0.279 e. The van der Waals surface area contributed by atoms with E-state index in [1.54, 1.807) is 52.3 Å². The minimum absolute atomic E-state index is 0.0737. The van der Waals surface area contributed by atoms with Crippen LogP contribution in [0.25, 0.3) is 23.0 Å². The number of fused-ring (bicyclic) bond motifs is 1. The fraction of sp³-hybridized carbons (Fsp3) is 0.190. The summed E-state index contributed by atoms with van der Waals surface area (Å²) in [5.74, 6) is -0.149. The quantitative estimate of drug-likeness (QED) is 0.522. The van der Waals surface area contributed by atoms with Crippen LogP contribution < -0.4 is 0 Å². The summed E-state index contributed by atoms with van der Waals surface area (Å²) in [6.45, 7) is 0.953. The molecule has 0 bridgehead atoms. The smallest absolute Gasteiger partial charge is 0.279 e. The molecule has 0 atom stereocenters. The van der Waals surface area contributed by atoms with Gasteiger partial charge in [-0.2, -0.15) is 10.1 Å². The van der Waals surface area contributed by atoms with Gasteiger partial charge in [-0.05, 0) is 24.3 Å². The molecule has 1 aromatic carbocycles. The summed E-state index contributed by atoms with van der Waals surface area (Å²) in [4.78, 5) is 22.9. The predicted octanol–water partition coefficient (Wildman–Crippen LogP) is 2.87. The molecule has 4 aromatic rings. The Hall–Kier alpha value is -3.88. The second-order valence-electron chi connectivity index (χ2n) is 7.01. The van der Waals surface area contributed by atoms with E-state index in [2.05, 4.69) is 20.2 Å². The Morgan fingerprint density at radius 1 is 1.17 bits per heavy atom. The average Bonchev–Trinajstić information content (AvgIpc) is 3.39. The highest BCUT2D eigenvalue weighted by atomic mass is 19.1. The van der Waals surface area contributed by atoms with Crippen molar-refractivity contribution in [2.24, 2.45) is 7.05 Å². The van der Waals surface area contributed by atoms with E-state index in [0.717, 1.165) is 11.3 Å². The van der Waals surface area contributed by atoms with Crippen molar-refractivity contribution in [3.05, 3.63) is 71.4 Å². The number of hydrogen-bond donors (Lipinski definition) is 0. The lowest BCUT2D eigenvalue weighted by Gasteiger charge is -2.27. The third-order valence-electron chi connectivity index (χ3n) is 5.20. The van der Waals surface area contributed by atoms with E-state index in [9.17, 15) is 9.18 Å². The van der Waals surface area contributed by atoms with E-state index in [-0.39, 0.29) is 23.2 Å². The molecule has 30 heavy (non-hydrogen) atoms. The number of amides is 1. The lowest BCUT2D eigenvalue weighted by Crippen LogP contribution is -2.36. The van der Waals surface area contributed by atoms with Gasteiger partial charge in [0.25, 0.3) is 11.8 Å². The summed E-state index contributed by atoms with van der Waals surface area (Å²) < 4.78 is 21.3. The van der Waals surface area contributed by atoms with Crippen LogP contribution in [0.2, 0.25) is 0 Å². The number of benzene rings is 1. The van der Waals surface area contributed by atoms with Gasteiger partial charge in [-0.15, -0.1) is 0 Å². The SMILES string of the molecule is Cn1nc(-c2nc(-c3ccccc3F)no2)c2c1CCN(C(=O)c1ccncc1)C2. The molecular formula is C21H17FN6O2. The van der Waals surface area contributed by atoms with Crippen molar-refractivity contribution in [3.63, 3.8) is 0 Å². The van der Waals surface area contributed by atoms with Crippen LogP contribution in [-0.4, -0.2) is 42.3 Å². The van der Waals surface area contributed by atoms with Crippen molar-refractivity contribution < 1.29 is 13.7 Å². The predicted molar refractivity (Wildman–Crippen MR) is 105 cm³/mol. The first kappa shape index (κ1) is 18.2. The monoisotopic (exact) mass is 404 g/mol. The summed E-state index contributed by atoms with van der Waals surface area (Å²) in [6.07, 6.45) is 3.85. The fourth-order valence-corrected chi connectivity index (χ4v) is 3.69. The van der Waals surface area contributed by atoms with Crippen LogP contribution >= 0.6 is 0 Å². The highest BCUT2D eigenvalue weighted by molar-refractivity contribution is 5.94. The van der Waals surface area contributed by atoms with Gasteiger partial charge < -0.3 is 9.42 Å². The van der Waals surface area contributed by atoms with Crippen LogP contribution in [0, 0.1) is 5.82 Å². The molecule has 0 unspecified atom stereocenters. The van der Waals surface area contributed by atoms with Crippen LogP contribution in [0.4, 0.5) is 4.39 Å². The fourth-order valence-electron chi connectivity index (χ4n) is 3.69. The van der Waals surface area contributed by atoms with Gasteiger partial charge in [0.05, 0.1) is 12.1 Å². The summed E-state index contributed by atoms with van der Waals surface area (Å²) in [5, 5.41) is 8.46. The third kappa shape index (κ3) is 3.04. The van der Waals surface area contributed by atoms with Crippen LogP contribution in [0.5, 0.6) is 0 Å². The number of nitrogens with zero attached hydrogens (tertiary/aromatic N) is 6. The Balaban J connectivity index is 1.48. The normalized spacial score (nSPS) is 13.3. The Kier molecular flexibility index (Phi) is 4.35. The molecule has 9 heteroatoms. The van der Waals surface area contributed by atoms with E-state index in [1.165, 1.54) is 6.07 Å². The zero-order valence-electron chi connectivity index (χ0n) is 16.1. The summed E-state index contributed by atoms with van der Waals surface area (Å²) in [5.41, 5.74) is 3.21. The number of halogens is 1. The molecule has 0 spiro atoms. The van der Waals surface area contributed by atoms with Gasteiger partial charge in [0.2, 0.25) is 5.82 Å². The largest absolute Gasteiger partial charge is 0.334 e. The molecule has 3 aromatic heterocycles. The maximum absolute atomic E-state index is 14.1. The van der Waals surface area contributed by atoms with Gasteiger partial charge in [-0.25, -0.2) is 4.39 Å². The van der Waals surface area contributed by atoms with Crippen LogP contribution in [0.3, 0.4) is 0 Å². The summed E-state index contributed by atoms with van der Waals surface area (Å²) >= 11 is 0. The second kappa shape index (κ2) is 7.18. The topological polar surface area (TPSA) is 89.9 Å². The number of hydrogen-bond acceptors (Lipinski definition) is 6. The van der Waals surface area contributed by atoms with Crippen molar-refractivity contribution in [2.75, 3.05) is 6.54 Å². The van der Waals surface area contributed by atoms with Gasteiger partial charge in [0, 0.05) is 49.2 Å². The molecule has 1 amide bonds. The van der Waals surface area contributed by atoms with Gasteiger partial charge in [-0.1, -0.05) is 17.3 Å². The first-order valence-corrected chi connectivity index (χ1v) is 9.45. The van der Waals surface area contributed by atoms with Crippen molar-refractivity contribution in [3.8, 4) is 23.0 Å². The van der Waals surface area contributed by atoms with E-state index < -0.39 is 5.82 Å². The van der Waals surface area contributed by atoms with Gasteiger partial charge in [0.15, 0.2) is 5.69 Å². The Morgan fingerprint density at radius 2 is 1.97 bits per heavy atom. The molecule has 0 saturated heterocycles.